The van der Waals surface area contributed by atoms with Gasteiger partial charge in [-0.15, -0.1) is 0 Å². The van der Waals surface area contributed by atoms with Crippen LogP contribution in [0.5, 0.6) is 5.88 Å². The van der Waals surface area contributed by atoms with E-state index < -0.39 is 0 Å². The molecular formula is C26H26Cl2N4O3. The second kappa shape index (κ2) is 9.67. The number of rotatable bonds is 6. The van der Waals surface area contributed by atoms with Crippen molar-refractivity contribution in [2.24, 2.45) is 17.8 Å². The van der Waals surface area contributed by atoms with E-state index in [9.17, 15) is 9.59 Å². The van der Waals surface area contributed by atoms with Crippen molar-refractivity contribution in [2.45, 2.75) is 31.8 Å². The second-order valence-electron chi connectivity index (χ2n) is 9.72. The predicted octanol–water partition coefficient (Wildman–Crippen LogP) is 4.14. The lowest BCUT2D eigenvalue weighted by Gasteiger charge is -2.40. The van der Waals surface area contributed by atoms with E-state index in [1.54, 1.807) is 18.2 Å². The van der Waals surface area contributed by atoms with Crippen LogP contribution in [0.25, 0.3) is 0 Å². The minimum Gasteiger partial charge on any atom is -0.474 e. The van der Waals surface area contributed by atoms with Gasteiger partial charge in [0.1, 0.15) is 12.2 Å². The fourth-order valence-electron chi connectivity index (χ4n) is 5.04. The molecule has 3 aliphatic rings. The molecule has 0 radical (unpaired) electrons. The molecule has 5 rings (SSSR count). The number of pyridine rings is 1. The van der Waals surface area contributed by atoms with Crippen LogP contribution in [0.2, 0.25) is 10.0 Å². The number of benzene rings is 1. The largest absolute Gasteiger partial charge is 0.474 e. The van der Waals surface area contributed by atoms with E-state index in [-0.39, 0.29) is 41.6 Å². The Hall–Kier alpha value is -2.82. The van der Waals surface area contributed by atoms with Crippen LogP contribution >= 0.6 is 23.2 Å². The second-order valence-corrected chi connectivity index (χ2v) is 10.5. The van der Waals surface area contributed by atoms with Crippen molar-refractivity contribution in [1.29, 1.82) is 5.26 Å². The average Bonchev–Trinajstić information content (AvgIpc) is 3.58. The van der Waals surface area contributed by atoms with E-state index in [1.807, 2.05) is 28.9 Å². The molecule has 2 aliphatic heterocycles. The third kappa shape index (κ3) is 4.96. The van der Waals surface area contributed by atoms with Gasteiger partial charge in [0.05, 0.1) is 21.5 Å². The highest BCUT2D eigenvalue weighted by Gasteiger charge is 2.46. The zero-order valence-electron chi connectivity index (χ0n) is 19.4. The van der Waals surface area contributed by atoms with Crippen molar-refractivity contribution in [1.82, 2.24) is 14.8 Å². The molecule has 1 aromatic heterocycles. The Balaban J connectivity index is 1.31. The van der Waals surface area contributed by atoms with Gasteiger partial charge >= 0.3 is 0 Å². The van der Waals surface area contributed by atoms with Gasteiger partial charge in [0.15, 0.2) is 0 Å². The van der Waals surface area contributed by atoms with Gasteiger partial charge < -0.3 is 14.5 Å². The molecule has 182 valence electrons. The van der Waals surface area contributed by atoms with Crippen LogP contribution in [-0.2, 0) is 9.59 Å². The molecule has 1 saturated carbocycles. The Bertz CT molecular complexity index is 1170. The number of hydrogen-bond donors (Lipinski definition) is 0. The van der Waals surface area contributed by atoms with Crippen LogP contribution in [0, 0.1) is 29.1 Å². The lowest BCUT2D eigenvalue weighted by atomic mass is 9.86. The van der Waals surface area contributed by atoms with Crippen LogP contribution in [0.3, 0.4) is 0 Å². The summed E-state index contributed by atoms with van der Waals surface area (Å²) >= 11 is 12.5. The Kier molecular flexibility index (Phi) is 6.61. The summed E-state index contributed by atoms with van der Waals surface area (Å²) in [6, 6.07) is 11.0. The van der Waals surface area contributed by atoms with Crippen molar-refractivity contribution in [2.75, 3.05) is 26.2 Å². The number of likely N-dealkylation sites (tertiary alicyclic amines) is 2. The average molecular weight is 513 g/mol. The quantitative estimate of drug-likeness (QED) is 0.580. The summed E-state index contributed by atoms with van der Waals surface area (Å²) in [6.07, 6.45) is 3.17. The van der Waals surface area contributed by atoms with Gasteiger partial charge in [0, 0.05) is 56.2 Å². The number of halogens is 2. The number of carbonyl (C=O) groups is 2. The summed E-state index contributed by atoms with van der Waals surface area (Å²) in [4.78, 5) is 33.5. The topological polar surface area (TPSA) is 86.5 Å². The highest BCUT2D eigenvalue weighted by Crippen LogP contribution is 2.40. The first-order valence-corrected chi connectivity index (χ1v) is 12.6. The molecule has 3 heterocycles. The molecule has 9 heteroatoms. The molecule has 0 spiro atoms. The number of nitriles is 1. The number of ether oxygens (including phenoxy) is 1. The Labute approximate surface area is 214 Å². The minimum absolute atomic E-state index is 0.00193. The van der Waals surface area contributed by atoms with E-state index in [4.69, 9.17) is 33.2 Å². The van der Waals surface area contributed by atoms with Gasteiger partial charge in [-0.3, -0.25) is 9.59 Å². The van der Waals surface area contributed by atoms with E-state index in [0.717, 1.165) is 18.4 Å². The molecule has 2 aromatic rings. The van der Waals surface area contributed by atoms with Gasteiger partial charge in [0.2, 0.25) is 17.7 Å². The van der Waals surface area contributed by atoms with E-state index in [1.165, 1.54) is 6.20 Å². The van der Waals surface area contributed by atoms with E-state index in [0.29, 0.717) is 47.7 Å². The van der Waals surface area contributed by atoms with Crippen molar-refractivity contribution < 1.29 is 14.3 Å². The molecule has 0 unspecified atom stereocenters. The molecule has 0 N–H and O–H groups in total. The highest BCUT2D eigenvalue weighted by atomic mass is 35.5. The van der Waals surface area contributed by atoms with Crippen LogP contribution in [0.4, 0.5) is 0 Å². The third-order valence-corrected chi connectivity index (χ3v) is 8.03. The maximum absolute atomic E-state index is 13.3. The molecule has 7 nitrogen and oxygen atoms in total. The number of nitrogens with zero attached hydrogens (tertiary/aromatic N) is 4. The van der Waals surface area contributed by atoms with Gasteiger partial charge in [-0.25, -0.2) is 4.98 Å². The molecular weight excluding hydrogens is 487 g/mol. The molecule has 2 saturated heterocycles. The Morgan fingerprint density at radius 2 is 1.74 bits per heavy atom. The first kappa shape index (κ1) is 23.9. The Morgan fingerprint density at radius 1 is 1.03 bits per heavy atom. The van der Waals surface area contributed by atoms with Crippen LogP contribution in [0.1, 0.15) is 36.8 Å². The zero-order chi connectivity index (χ0) is 24.7. The normalized spacial score (nSPS) is 22.9. The number of aromatic nitrogens is 1. The third-order valence-electron chi connectivity index (χ3n) is 7.29. The summed E-state index contributed by atoms with van der Waals surface area (Å²) in [5.41, 5.74) is 1.47. The smallest absolute Gasteiger partial charge is 0.229 e. The number of amides is 2. The molecule has 1 aromatic carbocycles. The summed E-state index contributed by atoms with van der Waals surface area (Å²) in [6.45, 7) is 4.07. The van der Waals surface area contributed by atoms with Crippen molar-refractivity contribution in [3.63, 3.8) is 0 Å². The first-order valence-electron chi connectivity index (χ1n) is 11.9. The Morgan fingerprint density at radius 3 is 2.37 bits per heavy atom. The fourth-order valence-corrected chi connectivity index (χ4v) is 5.34. The van der Waals surface area contributed by atoms with Crippen LogP contribution in [-0.4, -0.2) is 58.9 Å². The standard InChI is InChI=1S/C26H26Cl2N4O3/c1-15(35-24-7-2-16(9-29)10-30-24)20-13-32(14-21(20)18-5-6-22(27)23(28)8-18)26(34)19-11-31(12-19)25(33)17-3-4-17/h2,5-8,10,15,17,19-21H,3-4,11-14H2,1H3/t15-,20+,21+/m0/s1. The minimum atomic E-state index is -0.248. The zero-order valence-corrected chi connectivity index (χ0v) is 20.9. The summed E-state index contributed by atoms with van der Waals surface area (Å²) < 4.78 is 6.14. The van der Waals surface area contributed by atoms with Crippen molar-refractivity contribution in [3.05, 3.63) is 57.7 Å². The first-order chi connectivity index (χ1) is 16.8. The molecule has 0 bridgehead atoms. The van der Waals surface area contributed by atoms with Gasteiger partial charge in [-0.1, -0.05) is 29.3 Å². The van der Waals surface area contributed by atoms with Crippen LogP contribution in [0.15, 0.2) is 36.5 Å². The molecule has 3 fully saturated rings. The maximum Gasteiger partial charge on any atom is 0.229 e. The van der Waals surface area contributed by atoms with Crippen molar-refractivity contribution in [3.8, 4) is 11.9 Å². The van der Waals surface area contributed by atoms with Gasteiger partial charge in [0.25, 0.3) is 0 Å². The number of hydrogen-bond acceptors (Lipinski definition) is 5. The highest BCUT2D eigenvalue weighted by molar-refractivity contribution is 6.42. The molecule has 35 heavy (non-hydrogen) atoms. The fraction of sp³-hybridized carbons (Fsp3) is 0.462. The van der Waals surface area contributed by atoms with Crippen molar-refractivity contribution >= 4 is 35.0 Å². The molecule has 3 atom stereocenters. The summed E-state index contributed by atoms with van der Waals surface area (Å²) in [7, 11) is 0. The molecule has 2 amide bonds. The maximum atomic E-state index is 13.3. The van der Waals surface area contributed by atoms with Gasteiger partial charge in [-0.05, 0) is 43.5 Å². The summed E-state index contributed by atoms with van der Waals surface area (Å²) in [5, 5.41) is 9.96. The monoisotopic (exact) mass is 512 g/mol. The SMILES string of the molecule is C[C@H](Oc1ccc(C#N)cn1)[C@H]1CN(C(=O)C2CN(C(=O)C3CC3)C2)C[C@@H]1c1ccc(Cl)c(Cl)c1. The van der Waals surface area contributed by atoms with Gasteiger partial charge in [-0.2, -0.15) is 5.26 Å². The number of carbonyl (C=O) groups excluding carboxylic acids is 2. The predicted molar refractivity (Wildman–Crippen MR) is 131 cm³/mol. The molecule has 1 aliphatic carbocycles. The lowest BCUT2D eigenvalue weighted by Crippen LogP contribution is -2.56. The van der Waals surface area contributed by atoms with Crippen LogP contribution < -0.4 is 4.74 Å². The summed E-state index contributed by atoms with van der Waals surface area (Å²) in [5.74, 6) is 0.740. The van der Waals surface area contributed by atoms with E-state index >= 15 is 0 Å². The lowest BCUT2D eigenvalue weighted by molar-refractivity contribution is -0.148. The van der Waals surface area contributed by atoms with E-state index in [2.05, 4.69) is 11.1 Å².